The van der Waals surface area contributed by atoms with Crippen molar-refractivity contribution in [2.75, 3.05) is 24.3 Å². The van der Waals surface area contributed by atoms with Gasteiger partial charge < -0.3 is 10.2 Å². The fraction of sp³-hybridized carbons (Fsp3) is 0.167. The number of anilines is 2. The number of nitrogens with one attached hydrogen (secondary N) is 2. The molecule has 2 aromatic rings. The molecule has 0 spiro atoms. The Balaban J connectivity index is 1.93. The molecule has 0 unspecified atom stereocenters. The van der Waals surface area contributed by atoms with Crippen LogP contribution in [0.25, 0.3) is 0 Å². The minimum Gasteiger partial charge on any atom is -0.378 e. The van der Waals surface area contributed by atoms with Gasteiger partial charge in [-0.05, 0) is 42.0 Å². The second kappa shape index (κ2) is 7.92. The molecule has 0 fully saturated rings. The summed E-state index contributed by atoms with van der Waals surface area (Å²) in [5, 5.41) is 6.60. The van der Waals surface area contributed by atoms with E-state index in [0.717, 1.165) is 11.3 Å². The first-order valence-electron chi connectivity index (χ1n) is 7.44. The van der Waals surface area contributed by atoms with Crippen LogP contribution in [0.1, 0.15) is 22.8 Å². The quantitative estimate of drug-likeness (QED) is 0.655. The molecule has 0 heterocycles. The van der Waals surface area contributed by atoms with Gasteiger partial charge in [-0.25, -0.2) is 5.43 Å². The largest absolute Gasteiger partial charge is 0.378 e. The molecule has 0 aliphatic rings. The van der Waals surface area contributed by atoms with Gasteiger partial charge in [-0.1, -0.05) is 12.1 Å². The van der Waals surface area contributed by atoms with Crippen LogP contribution < -0.4 is 15.6 Å². The number of carbonyl (C=O) groups excluding carboxylic acids is 2. The summed E-state index contributed by atoms with van der Waals surface area (Å²) in [7, 11) is 3.95. The molecule has 2 N–H and O–H groups in total. The molecule has 6 heteroatoms. The highest BCUT2D eigenvalue weighted by Gasteiger charge is 2.04. The van der Waals surface area contributed by atoms with Crippen LogP contribution in [0.2, 0.25) is 0 Å². The average Bonchev–Trinajstić information content (AvgIpc) is 2.55. The molecule has 2 amide bonds. The smallest absolute Gasteiger partial charge is 0.271 e. The monoisotopic (exact) mass is 324 g/mol. The van der Waals surface area contributed by atoms with Gasteiger partial charge in [0, 0.05) is 38.0 Å². The highest BCUT2D eigenvalue weighted by molar-refractivity contribution is 5.96. The number of hydrogen-bond donors (Lipinski definition) is 2. The van der Waals surface area contributed by atoms with Gasteiger partial charge in [0.05, 0.1) is 6.21 Å². The minimum atomic E-state index is -0.314. The van der Waals surface area contributed by atoms with Crippen LogP contribution >= 0.6 is 0 Å². The summed E-state index contributed by atoms with van der Waals surface area (Å²) in [5.41, 5.74) is 5.57. The van der Waals surface area contributed by atoms with Gasteiger partial charge in [-0.15, -0.1) is 0 Å². The molecule has 0 saturated carbocycles. The molecule has 0 radical (unpaired) electrons. The van der Waals surface area contributed by atoms with Crippen LogP contribution in [-0.4, -0.2) is 32.1 Å². The zero-order valence-electron chi connectivity index (χ0n) is 13.9. The Morgan fingerprint density at radius 3 is 2.17 bits per heavy atom. The SMILES string of the molecule is CC(=O)Nc1ccc(C(=O)N/N=C\c2ccc(N(C)C)cc2)cc1. The Morgan fingerprint density at radius 1 is 1.00 bits per heavy atom. The molecule has 0 aromatic heterocycles. The fourth-order valence-electron chi connectivity index (χ4n) is 2.00. The summed E-state index contributed by atoms with van der Waals surface area (Å²) >= 11 is 0. The van der Waals surface area contributed by atoms with E-state index in [1.165, 1.54) is 6.92 Å². The zero-order chi connectivity index (χ0) is 17.5. The predicted octanol–water partition coefficient (Wildman–Crippen LogP) is 2.47. The zero-order valence-corrected chi connectivity index (χ0v) is 13.9. The summed E-state index contributed by atoms with van der Waals surface area (Å²) in [4.78, 5) is 25.0. The molecule has 0 saturated heterocycles. The lowest BCUT2D eigenvalue weighted by molar-refractivity contribution is -0.114. The second-order valence-corrected chi connectivity index (χ2v) is 5.44. The third-order valence-electron chi connectivity index (χ3n) is 3.26. The van der Waals surface area contributed by atoms with Crippen molar-refractivity contribution in [3.63, 3.8) is 0 Å². The van der Waals surface area contributed by atoms with Gasteiger partial charge in [0.25, 0.3) is 5.91 Å². The first-order valence-corrected chi connectivity index (χ1v) is 7.44. The summed E-state index contributed by atoms with van der Waals surface area (Å²) in [6.07, 6.45) is 1.59. The lowest BCUT2D eigenvalue weighted by Crippen LogP contribution is -2.17. The number of amides is 2. The van der Waals surface area contributed by atoms with Crippen LogP contribution in [0.5, 0.6) is 0 Å². The second-order valence-electron chi connectivity index (χ2n) is 5.44. The molecule has 0 aliphatic heterocycles. The molecule has 2 aromatic carbocycles. The van der Waals surface area contributed by atoms with E-state index in [9.17, 15) is 9.59 Å². The van der Waals surface area contributed by atoms with Gasteiger partial charge in [-0.3, -0.25) is 9.59 Å². The number of benzene rings is 2. The lowest BCUT2D eigenvalue weighted by atomic mass is 10.2. The number of rotatable bonds is 5. The van der Waals surface area contributed by atoms with Gasteiger partial charge in [-0.2, -0.15) is 5.10 Å². The molecular formula is C18H20N4O2. The number of nitrogens with zero attached hydrogens (tertiary/aromatic N) is 2. The summed E-state index contributed by atoms with van der Waals surface area (Å²) in [5.74, 6) is -0.470. The topological polar surface area (TPSA) is 73.8 Å². The Bertz CT molecular complexity index is 735. The van der Waals surface area contributed by atoms with Gasteiger partial charge >= 0.3 is 0 Å². The maximum absolute atomic E-state index is 12.0. The first-order chi connectivity index (χ1) is 11.5. The number of hydrogen-bond acceptors (Lipinski definition) is 4. The third-order valence-corrected chi connectivity index (χ3v) is 3.26. The summed E-state index contributed by atoms with van der Waals surface area (Å²) in [6, 6.07) is 14.4. The summed E-state index contributed by atoms with van der Waals surface area (Å²) < 4.78 is 0. The van der Waals surface area contributed by atoms with E-state index in [1.54, 1.807) is 30.5 Å². The van der Waals surface area contributed by atoms with Gasteiger partial charge in [0.2, 0.25) is 5.91 Å². The molecular weight excluding hydrogens is 304 g/mol. The molecule has 0 aliphatic carbocycles. The fourth-order valence-corrected chi connectivity index (χ4v) is 2.00. The van der Waals surface area contributed by atoms with Crippen LogP contribution in [0.3, 0.4) is 0 Å². The molecule has 0 atom stereocenters. The van der Waals surface area contributed by atoms with Crippen molar-refractivity contribution >= 4 is 29.4 Å². The van der Waals surface area contributed by atoms with Crippen LogP contribution in [0.15, 0.2) is 53.6 Å². The van der Waals surface area contributed by atoms with Crippen molar-refractivity contribution in [2.45, 2.75) is 6.92 Å². The van der Waals surface area contributed by atoms with Crippen molar-refractivity contribution < 1.29 is 9.59 Å². The van der Waals surface area contributed by atoms with E-state index in [-0.39, 0.29) is 11.8 Å². The van der Waals surface area contributed by atoms with E-state index in [0.29, 0.717) is 11.3 Å². The molecule has 124 valence electrons. The van der Waals surface area contributed by atoms with Crippen LogP contribution in [0, 0.1) is 0 Å². The van der Waals surface area contributed by atoms with E-state index in [1.807, 2.05) is 43.3 Å². The van der Waals surface area contributed by atoms with Gasteiger partial charge in [0.1, 0.15) is 0 Å². The Hall–Kier alpha value is -3.15. The average molecular weight is 324 g/mol. The number of carbonyl (C=O) groups is 2. The van der Waals surface area contributed by atoms with Crippen LogP contribution in [0.4, 0.5) is 11.4 Å². The van der Waals surface area contributed by atoms with Gasteiger partial charge in [0.15, 0.2) is 0 Å². The van der Waals surface area contributed by atoms with Crippen molar-refractivity contribution in [1.29, 1.82) is 0 Å². The maximum atomic E-state index is 12.0. The highest BCUT2D eigenvalue weighted by atomic mass is 16.2. The van der Waals surface area contributed by atoms with E-state index in [4.69, 9.17) is 0 Å². The molecule has 6 nitrogen and oxygen atoms in total. The number of hydrazone groups is 1. The maximum Gasteiger partial charge on any atom is 0.271 e. The lowest BCUT2D eigenvalue weighted by Gasteiger charge is -2.11. The third kappa shape index (κ3) is 4.95. The molecule has 2 rings (SSSR count). The summed E-state index contributed by atoms with van der Waals surface area (Å²) in [6.45, 7) is 1.43. The Labute approximate surface area is 141 Å². The molecule has 24 heavy (non-hydrogen) atoms. The van der Waals surface area contributed by atoms with Crippen molar-refractivity contribution in [1.82, 2.24) is 5.43 Å². The normalized spacial score (nSPS) is 10.5. The van der Waals surface area contributed by atoms with Crippen molar-refractivity contribution in [3.05, 3.63) is 59.7 Å². The van der Waals surface area contributed by atoms with E-state index >= 15 is 0 Å². The predicted molar refractivity (Wildman–Crippen MR) is 96.6 cm³/mol. The first kappa shape index (κ1) is 17.2. The van der Waals surface area contributed by atoms with E-state index in [2.05, 4.69) is 15.8 Å². The van der Waals surface area contributed by atoms with Crippen molar-refractivity contribution in [3.8, 4) is 0 Å². The molecule has 0 bridgehead atoms. The van der Waals surface area contributed by atoms with Crippen LogP contribution in [-0.2, 0) is 4.79 Å². The van der Waals surface area contributed by atoms with E-state index < -0.39 is 0 Å². The Morgan fingerprint density at radius 2 is 1.62 bits per heavy atom. The minimum absolute atomic E-state index is 0.155. The van der Waals surface area contributed by atoms with Crippen molar-refractivity contribution in [2.24, 2.45) is 5.10 Å². The highest BCUT2D eigenvalue weighted by Crippen LogP contribution is 2.11. The standard InChI is InChI=1S/C18H20N4O2/c1-13(23)20-16-8-6-15(7-9-16)18(24)21-19-12-14-4-10-17(11-5-14)22(2)3/h4-12H,1-3H3,(H,20,23)(H,21,24)/b19-12-. The Kier molecular flexibility index (Phi) is 5.68.